The Balaban J connectivity index is 2.32. The standard InChI is InChI=1S/C12H12F2/c1-2-3-8-4-9-6-11(13)12(14)7-10(9)5-8/h4,6-7H,2-3,5H2,1H3. The van der Waals surface area contributed by atoms with Crippen molar-refractivity contribution < 1.29 is 8.78 Å². The largest absolute Gasteiger partial charge is 0.204 e. The second kappa shape index (κ2) is 3.52. The first kappa shape index (κ1) is 9.38. The summed E-state index contributed by atoms with van der Waals surface area (Å²) in [6.07, 6.45) is 4.84. The molecule has 1 aliphatic carbocycles. The highest BCUT2D eigenvalue weighted by Gasteiger charge is 2.15. The maximum atomic E-state index is 12.9. The van der Waals surface area contributed by atoms with Crippen molar-refractivity contribution in [2.24, 2.45) is 0 Å². The van der Waals surface area contributed by atoms with Crippen LogP contribution in [0.4, 0.5) is 8.78 Å². The van der Waals surface area contributed by atoms with Crippen molar-refractivity contribution in [1.82, 2.24) is 0 Å². The summed E-state index contributed by atoms with van der Waals surface area (Å²) in [7, 11) is 0. The molecule has 0 unspecified atom stereocenters. The van der Waals surface area contributed by atoms with E-state index in [0.29, 0.717) is 0 Å². The zero-order valence-electron chi connectivity index (χ0n) is 8.11. The van der Waals surface area contributed by atoms with Crippen LogP contribution < -0.4 is 0 Å². The Hall–Kier alpha value is -1.18. The van der Waals surface area contributed by atoms with Gasteiger partial charge in [0.2, 0.25) is 0 Å². The minimum Gasteiger partial charge on any atom is -0.204 e. The second-order valence-corrected chi connectivity index (χ2v) is 3.69. The molecule has 2 heteroatoms. The smallest absolute Gasteiger partial charge is 0.159 e. The minimum atomic E-state index is -0.752. The van der Waals surface area contributed by atoms with Crippen molar-refractivity contribution in [3.05, 3.63) is 40.5 Å². The number of fused-ring (bicyclic) bond motifs is 1. The molecule has 0 saturated heterocycles. The Morgan fingerprint density at radius 2 is 1.93 bits per heavy atom. The van der Waals surface area contributed by atoms with Crippen LogP contribution in [0, 0.1) is 11.6 Å². The van der Waals surface area contributed by atoms with Gasteiger partial charge in [-0.1, -0.05) is 25.0 Å². The highest BCUT2D eigenvalue weighted by atomic mass is 19.2. The van der Waals surface area contributed by atoms with Crippen LogP contribution in [0.3, 0.4) is 0 Å². The fourth-order valence-corrected chi connectivity index (χ4v) is 1.89. The van der Waals surface area contributed by atoms with Crippen LogP contribution in [0.1, 0.15) is 30.9 Å². The average Bonchev–Trinajstić information content (AvgIpc) is 2.48. The van der Waals surface area contributed by atoms with Crippen LogP contribution in [0.25, 0.3) is 6.08 Å². The van der Waals surface area contributed by atoms with Gasteiger partial charge in [0, 0.05) is 0 Å². The van der Waals surface area contributed by atoms with Crippen molar-refractivity contribution in [2.45, 2.75) is 26.2 Å². The highest BCUT2D eigenvalue weighted by molar-refractivity contribution is 5.63. The van der Waals surface area contributed by atoms with E-state index in [0.717, 1.165) is 30.4 Å². The topological polar surface area (TPSA) is 0 Å². The monoisotopic (exact) mass is 194 g/mol. The maximum Gasteiger partial charge on any atom is 0.159 e. The zero-order chi connectivity index (χ0) is 10.1. The number of allylic oxidation sites excluding steroid dienone is 1. The lowest BCUT2D eigenvalue weighted by Gasteiger charge is -2.00. The van der Waals surface area contributed by atoms with Gasteiger partial charge in [0.25, 0.3) is 0 Å². The van der Waals surface area contributed by atoms with Gasteiger partial charge in [-0.2, -0.15) is 0 Å². The molecule has 2 rings (SSSR count). The Labute approximate surface area is 82.3 Å². The summed E-state index contributed by atoms with van der Waals surface area (Å²) < 4.78 is 25.8. The third kappa shape index (κ3) is 1.57. The lowest BCUT2D eigenvalue weighted by atomic mass is 10.1. The number of halogens is 2. The molecule has 1 aliphatic rings. The predicted molar refractivity (Wildman–Crippen MR) is 52.9 cm³/mol. The van der Waals surface area contributed by atoms with E-state index in [4.69, 9.17) is 0 Å². The molecular weight excluding hydrogens is 182 g/mol. The van der Waals surface area contributed by atoms with Gasteiger partial charge in [-0.25, -0.2) is 8.78 Å². The van der Waals surface area contributed by atoms with E-state index in [-0.39, 0.29) is 0 Å². The minimum absolute atomic E-state index is 0.741. The van der Waals surface area contributed by atoms with Gasteiger partial charge in [-0.05, 0) is 36.1 Å². The summed E-state index contributed by atoms with van der Waals surface area (Å²) in [5.74, 6) is -1.49. The molecule has 0 atom stereocenters. The second-order valence-electron chi connectivity index (χ2n) is 3.69. The Morgan fingerprint density at radius 1 is 1.21 bits per heavy atom. The third-order valence-electron chi connectivity index (χ3n) is 2.53. The molecule has 0 radical (unpaired) electrons. The summed E-state index contributed by atoms with van der Waals surface area (Å²) in [6, 6.07) is 2.59. The van der Waals surface area contributed by atoms with Crippen LogP contribution in [0.2, 0.25) is 0 Å². The average molecular weight is 194 g/mol. The Kier molecular flexibility index (Phi) is 2.36. The zero-order valence-corrected chi connectivity index (χ0v) is 8.11. The molecule has 0 spiro atoms. The Bertz CT molecular complexity index is 392. The van der Waals surface area contributed by atoms with Crippen LogP contribution in [0.5, 0.6) is 0 Å². The third-order valence-corrected chi connectivity index (χ3v) is 2.53. The van der Waals surface area contributed by atoms with Gasteiger partial charge in [0.15, 0.2) is 11.6 Å². The molecule has 0 N–H and O–H groups in total. The van der Waals surface area contributed by atoms with Gasteiger partial charge >= 0.3 is 0 Å². The molecule has 0 amide bonds. The normalized spacial score (nSPS) is 14.1. The van der Waals surface area contributed by atoms with Crippen LogP contribution in [-0.4, -0.2) is 0 Å². The van der Waals surface area contributed by atoms with E-state index in [1.807, 2.05) is 6.08 Å². The van der Waals surface area contributed by atoms with E-state index >= 15 is 0 Å². The molecule has 0 aromatic heterocycles. The van der Waals surface area contributed by atoms with Gasteiger partial charge in [-0.3, -0.25) is 0 Å². The molecule has 74 valence electrons. The molecule has 0 saturated carbocycles. The van der Waals surface area contributed by atoms with E-state index in [9.17, 15) is 8.78 Å². The molecule has 1 aromatic carbocycles. The number of hydrogen-bond acceptors (Lipinski definition) is 0. The SMILES string of the molecule is CCCC1=Cc2cc(F)c(F)cc2C1. The number of benzene rings is 1. The number of hydrogen-bond donors (Lipinski definition) is 0. The number of rotatable bonds is 2. The van der Waals surface area contributed by atoms with Crippen molar-refractivity contribution in [3.8, 4) is 0 Å². The van der Waals surface area contributed by atoms with Crippen molar-refractivity contribution in [2.75, 3.05) is 0 Å². The molecule has 1 aromatic rings. The first-order chi connectivity index (χ1) is 6.70. The molecule has 0 heterocycles. The van der Waals surface area contributed by atoms with Crippen LogP contribution >= 0.6 is 0 Å². The fraction of sp³-hybridized carbons (Fsp3) is 0.333. The van der Waals surface area contributed by atoms with Crippen molar-refractivity contribution in [3.63, 3.8) is 0 Å². The molecular formula is C12H12F2. The summed E-state index contributed by atoms with van der Waals surface area (Å²) in [5, 5.41) is 0. The molecule has 14 heavy (non-hydrogen) atoms. The highest BCUT2D eigenvalue weighted by Crippen LogP contribution is 2.29. The fourth-order valence-electron chi connectivity index (χ4n) is 1.89. The van der Waals surface area contributed by atoms with Gasteiger partial charge < -0.3 is 0 Å². The van der Waals surface area contributed by atoms with Crippen LogP contribution in [-0.2, 0) is 6.42 Å². The van der Waals surface area contributed by atoms with Crippen molar-refractivity contribution in [1.29, 1.82) is 0 Å². The van der Waals surface area contributed by atoms with E-state index in [2.05, 4.69) is 6.92 Å². The summed E-state index contributed by atoms with van der Waals surface area (Å²) >= 11 is 0. The lowest BCUT2D eigenvalue weighted by molar-refractivity contribution is 0.507. The quantitative estimate of drug-likeness (QED) is 0.673. The van der Waals surface area contributed by atoms with Crippen LogP contribution in [0.15, 0.2) is 17.7 Å². The lowest BCUT2D eigenvalue weighted by Crippen LogP contribution is -1.90. The molecule has 0 bridgehead atoms. The predicted octanol–water partition coefficient (Wildman–Crippen LogP) is 3.70. The first-order valence-electron chi connectivity index (χ1n) is 4.88. The first-order valence-corrected chi connectivity index (χ1v) is 4.88. The summed E-state index contributed by atoms with van der Waals surface area (Å²) in [5.41, 5.74) is 3.02. The van der Waals surface area contributed by atoms with Crippen molar-refractivity contribution >= 4 is 6.08 Å². The Morgan fingerprint density at radius 3 is 2.64 bits per heavy atom. The van der Waals surface area contributed by atoms with Gasteiger partial charge in [0.05, 0.1) is 0 Å². The molecule has 0 fully saturated rings. The van der Waals surface area contributed by atoms with Gasteiger partial charge in [-0.15, -0.1) is 0 Å². The maximum absolute atomic E-state index is 12.9. The summed E-state index contributed by atoms with van der Waals surface area (Å²) in [6.45, 7) is 2.10. The molecule has 0 nitrogen and oxygen atoms in total. The van der Waals surface area contributed by atoms with E-state index < -0.39 is 11.6 Å². The molecule has 0 aliphatic heterocycles. The van der Waals surface area contributed by atoms with E-state index in [1.165, 1.54) is 17.7 Å². The van der Waals surface area contributed by atoms with E-state index in [1.54, 1.807) is 0 Å². The summed E-state index contributed by atoms with van der Waals surface area (Å²) in [4.78, 5) is 0. The van der Waals surface area contributed by atoms with Gasteiger partial charge in [0.1, 0.15) is 0 Å².